The van der Waals surface area contributed by atoms with Gasteiger partial charge in [-0.05, 0) is 57.5 Å². The van der Waals surface area contributed by atoms with Crippen molar-refractivity contribution in [2.24, 2.45) is 0 Å². The van der Waals surface area contributed by atoms with Gasteiger partial charge in [0.15, 0.2) is 0 Å². The quantitative estimate of drug-likeness (QED) is 0.818. The summed E-state index contributed by atoms with van der Waals surface area (Å²) in [6.45, 7) is 4.62. The second kappa shape index (κ2) is 6.35. The Morgan fingerprint density at radius 3 is 2.47 bits per heavy atom. The zero-order chi connectivity index (χ0) is 13.9. The zero-order valence-electron chi connectivity index (χ0n) is 12.0. The van der Waals surface area contributed by atoms with Gasteiger partial charge in [-0.1, -0.05) is 0 Å². The van der Waals surface area contributed by atoms with Crippen LogP contribution in [0.25, 0.3) is 0 Å². The van der Waals surface area contributed by atoms with Gasteiger partial charge in [-0.15, -0.1) is 0 Å². The van der Waals surface area contributed by atoms with E-state index in [2.05, 4.69) is 19.2 Å². The predicted molar refractivity (Wildman–Crippen MR) is 79.5 cm³/mol. The topological polar surface area (TPSA) is 52.6 Å². The van der Waals surface area contributed by atoms with Gasteiger partial charge in [-0.25, -0.2) is 4.79 Å². The summed E-state index contributed by atoms with van der Waals surface area (Å²) in [7, 11) is 0. The molecule has 2 rings (SSSR count). The molecule has 0 aromatic carbocycles. The maximum Gasteiger partial charge on any atom is 0.317 e. The van der Waals surface area contributed by atoms with Gasteiger partial charge >= 0.3 is 6.03 Å². The van der Waals surface area contributed by atoms with Crippen LogP contribution in [-0.2, 0) is 0 Å². The number of likely N-dealkylation sites (tertiary alicyclic amines) is 1. The van der Waals surface area contributed by atoms with Crippen LogP contribution >= 0.6 is 11.8 Å². The molecule has 2 atom stereocenters. The first-order valence-corrected chi connectivity index (χ1v) is 8.54. The predicted octanol–water partition coefficient (Wildman–Crippen LogP) is 2.22. The molecule has 19 heavy (non-hydrogen) atoms. The minimum absolute atomic E-state index is 0.00801. The minimum atomic E-state index is -0.691. The lowest BCUT2D eigenvalue weighted by molar-refractivity contribution is 0.0310. The van der Waals surface area contributed by atoms with Crippen LogP contribution in [-0.4, -0.2) is 51.8 Å². The van der Waals surface area contributed by atoms with Gasteiger partial charge in [-0.2, -0.15) is 11.8 Å². The first kappa shape index (κ1) is 15.0. The smallest absolute Gasteiger partial charge is 0.317 e. The van der Waals surface area contributed by atoms with E-state index in [0.29, 0.717) is 18.6 Å². The average molecular weight is 286 g/mol. The Morgan fingerprint density at radius 2 is 1.89 bits per heavy atom. The molecule has 0 radical (unpaired) electrons. The maximum atomic E-state index is 12.3. The highest BCUT2D eigenvalue weighted by Gasteiger charge is 2.33. The van der Waals surface area contributed by atoms with Gasteiger partial charge in [0.2, 0.25) is 0 Å². The van der Waals surface area contributed by atoms with E-state index in [1.54, 1.807) is 0 Å². The highest BCUT2D eigenvalue weighted by atomic mass is 32.2. The number of aliphatic hydroxyl groups is 1. The fourth-order valence-corrected chi connectivity index (χ4v) is 4.33. The van der Waals surface area contributed by atoms with E-state index in [0.717, 1.165) is 37.2 Å². The summed E-state index contributed by atoms with van der Waals surface area (Å²) in [6, 6.07) is 0.604. The molecule has 0 aromatic heterocycles. The summed E-state index contributed by atoms with van der Waals surface area (Å²) in [5.41, 5.74) is -0.691. The molecule has 0 aliphatic carbocycles. The standard InChI is InChI=1S/C14H26N2O2S/c1-11-4-3-5-12(2)16(11)13(17)15-10-14(18)6-8-19-9-7-14/h11-12,18H,3-10H2,1-2H3,(H,15,17). The van der Waals surface area contributed by atoms with Crippen LogP contribution in [0.4, 0.5) is 4.79 Å². The Hall–Kier alpha value is -0.420. The van der Waals surface area contributed by atoms with Gasteiger partial charge in [0, 0.05) is 18.6 Å². The molecule has 2 fully saturated rings. The number of nitrogens with zero attached hydrogens (tertiary/aromatic N) is 1. The molecule has 2 heterocycles. The van der Waals surface area contributed by atoms with Gasteiger partial charge in [0.25, 0.3) is 0 Å². The number of urea groups is 1. The molecule has 0 saturated carbocycles. The van der Waals surface area contributed by atoms with Crippen molar-refractivity contribution in [1.29, 1.82) is 0 Å². The molecule has 2 aliphatic heterocycles. The highest BCUT2D eigenvalue weighted by molar-refractivity contribution is 7.99. The van der Waals surface area contributed by atoms with E-state index < -0.39 is 5.60 Å². The number of thioether (sulfide) groups is 1. The molecule has 110 valence electrons. The molecule has 2 amide bonds. The SMILES string of the molecule is CC1CCCC(C)N1C(=O)NCC1(O)CCSCC1. The van der Waals surface area contributed by atoms with E-state index in [4.69, 9.17) is 0 Å². The number of carbonyl (C=O) groups excluding carboxylic acids is 1. The van der Waals surface area contributed by atoms with E-state index >= 15 is 0 Å². The van der Waals surface area contributed by atoms with Crippen LogP contribution in [0, 0.1) is 0 Å². The van der Waals surface area contributed by atoms with Gasteiger partial charge < -0.3 is 15.3 Å². The lowest BCUT2D eigenvalue weighted by Crippen LogP contribution is -2.55. The Morgan fingerprint density at radius 1 is 1.32 bits per heavy atom. The summed E-state index contributed by atoms with van der Waals surface area (Å²) < 4.78 is 0. The second-order valence-corrected chi connectivity index (χ2v) is 7.26. The number of amides is 2. The Bertz CT molecular complexity index is 309. The Kier molecular flexibility index (Phi) is 5.01. The van der Waals surface area contributed by atoms with E-state index in [1.807, 2.05) is 16.7 Å². The molecule has 2 saturated heterocycles. The van der Waals surface area contributed by atoms with E-state index in [1.165, 1.54) is 6.42 Å². The summed E-state index contributed by atoms with van der Waals surface area (Å²) in [5, 5.41) is 13.4. The van der Waals surface area contributed by atoms with Crippen molar-refractivity contribution in [1.82, 2.24) is 10.2 Å². The van der Waals surface area contributed by atoms with E-state index in [-0.39, 0.29) is 6.03 Å². The summed E-state index contributed by atoms with van der Waals surface area (Å²) in [4.78, 5) is 14.3. The van der Waals surface area contributed by atoms with Crippen LogP contribution in [0.5, 0.6) is 0 Å². The Balaban J connectivity index is 1.86. The first-order chi connectivity index (χ1) is 9.02. The second-order valence-electron chi connectivity index (χ2n) is 6.03. The third-order valence-corrected chi connectivity index (χ3v) is 5.41. The van der Waals surface area contributed by atoms with Crippen LogP contribution in [0.3, 0.4) is 0 Å². The van der Waals surface area contributed by atoms with Crippen molar-refractivity contribution >= 4 is 17.8 Å². The van der Waals surface area contributed by atoms with Gasteiger partial charge in [0.05, 0.1) is 5.60 Å². The third-order valence-electron chi connectivity index (χ3n) is 4.42. The fraction of sp³-hybridized carbons (Fsp3) is 0.929. The van der Waals surface area contributed by atoms with Crippen LogP contribution in [0.15, 0.2) is 0 Å². The molecule has 2 aliphatic rings. The molecule has 5 heteroatoms. The normalized spacial score (nSPS) is 31.0. The molecule has 4 nitrogen and oxygen atoms in total. The van der Waals surface area contributed by atoms with Crippen molar-refractivity contribution in [3.63, 3.8) is 0 Å². The largest absolute Gasteiger partial charge is 0.388 e. The highest BCUT2D eigenvalue weighted by Crippen LogP contribution is 2.27. The number of rotatable bonds is 2. The molecule has 2 unspecified atom stereocenters. The zero-order valence-corrected chi connectivity index (χ0v) is 12.8. The fourth-order valence-electron chi connectivity index (χ4n) is 3.08. The van der Waals surface area contributed by atoms with Crippen LogP contribution in [0.2, 0.25) is 0 Å². The van der Waals surface area contributed by atoms with Crippen LogP contribution < -0.4 is 5.32 Å². The number of hydrogen-bond acceptors (Lipinski definition) is 3. The van der Waals surface area contributed by atoms with Gasteiger partial charge in [0.1, 0.15) is 0 Å². The molecule has 0 aromatic rings. The Labute approximate surface area is 120 Å². The number of hydrogen-bond donors (Lipinski definition) is 2. The average Bonchev–Trinajstić information content (AvgIpc) is 2.37. The van der Waals surface area contributed by atoms with Gasteiger partial charge in [-0.3, -0.25) is 0 Å². The summed E-state index contributed by atoms with van der Waals surface area (Å²) >= 11 is 1.88. The maximum absolute atomic E-state index is 12.3. The number of nitrogens with one attached hydrogen (secondary N) is 1. The summed E-state index contributed by atoms with van der Waals surface area (Å²) in [6.07, 6.45) is 4.93. The molecular weight excluding hydrogens is 260 g/mol. The molecule has 0 spiro atoms. The first-order valence-electron chi connectivity index (χ1n) is 7.38. The third kappa shape index (κ3) is 3.78. The van der Waals surface area contributed by atoms with Crippen molar-refractivity contribution in [2.75, 3.05) is 18.1 Å². The van der Waals surface area contributed by atoms with Crippen molar-refractivity contribution in [3.8, 4) is 0 Å². The summed E-state index contributed by atoms with van der Waals surface area (Å²) in [5.74, 6) is 1.98. The molecule has 2 N–H and O–H groups in total. The lowest BCUT2D eigenvalue weighted by atomic mass is 9.96. The lowest BCUT2D eigenvalue weighted by Gasteiger charge is -2.40. The van der Waals surface area contributed by atoms with Crippen molar-refractivity contribution in [2.45, 2.75) is 63.6 Å². The number of piperidine rings is 1. The van der Waals surface area contributed by atoms with Crippen molar-refractivity contribution < 1.29 is 9.90 Å². The van der Waals surface area contributed by atoms with Crippen molar-refractivity contribution in [3.05, 3.63) is 0 Å². The minimum Gasteiger partial charge on any atom is -0.388 e. The van der Waals surface area contributed by atoms with E-state index in [9.17, 15) is 9.90 Å². The monoisotopic (exact) mass is 286 g/mol. The van der Waals surface area contributed by atoms with Crippen LogP contribution in [0.1, 0.15) is 46.0 Å². The molecule has 0 bridgehead atoms. The molecular formula is C14H26N2O2S. The number of carbonyl (C=O) groups is 1.